The largest absolute Gasteiger partial charge is 0.465 e. The maximum Gasteiger partial charge on any atom is 0.314 e. The highest BCUT2D eigenvalue weighted by Crippen LogP contribution is 2.41. The number of carbonyl (C=O) groups excluding carboxylic acids is 1. The number of ether oxygens (including phenoxy) is 2. The third kappa shape index (κ3) is 2.95. The average Bonchev–Trinajstić information content (AvgIpc) is 2.22. The third-order valence-electron chi connectivity index (χ3n) is 3.41. The van der Waals surface area contributed by atoms with Crippen molar-refractivity contribution >= 4 is 5.97 Å². The SMILES string of the molecule is CCOC(=O)C1(COC)CCC(C)(O)CC1. The van der Waals surface area contributed by atoms with Crippen molar-refractivity contribution in [3.8, 4) is 0 Å². The second kappa shape index (κ2) is 5.15. The lowest BCUT2D eigenvalue weighted by Gasteiger charge is -2.40. The molecule has 0 saturated heterocycles. The molecule has 1 fully saturated rings. The minimum absolute atomic E-state index is 0.188. The Morgan fingerprint density at radius 1 is 1.31 bits per heavy atom. The zero-order valence-corrected chi connectivity index (χ0v) is 10.4. The zero-order chi connectivity index (χ0) is 12.2. The molecule has 94 valence electrons. The van der Waals surface area contributed by atoms with E-state index < -0.39 is 11.0 Å². The summed E-state index contributed by atoms with van der Waals surface area (Å²) in [5.74, 6) is -0.188. The molecular formula is C12H22O4. The predicted molar refractivity (Wildman–Crippen MR) is 60.0 cm³/mol. The van der Waals surface area contributed by atoms with E-state index in [0.29, 0.717) is 38.9 Å². The van der Waals surface area contributed by atoms with Gasteiger partial charge in [-0.2, -0.15) is 0 Å². The highest BCUT2D eigenvalue weighted by atomic mass is 16.5. The van der Waals surface area contributed by atoms with Crippen molar-refractivity contribution in [1.82, 2.24) is 0 Å². The summed E-state index contributed by atoms with van der Waals surface area (Å²) in [7, 11) is 1.59. The molecule has 1 aliphatic rings. The molecule has 0 spiro atoms. The van der Waals surface area contributed by atoms with Crippen molar-refractivity contribution in [3.05, 3.63) is 0 Å². The second-order valence-electron chi connectivity index (χ2n) is 4.93. The molecule has 0 aliphatic heterocycles. The van der Waals surface area contributed by atoms with E-state index in [-0.39, 0.29) is 5.97 Å². The van der Waals surface area contributed by atoms with Gasteiger partial charge >= 0.3 is 5.97 Å². The van der Waals surface area contributed by atoms with Gasteiger partial charge in [0.25, 0.3) is 0 Å². The van der Waals surface area contributed by atoms with Crippen LogP contribution in [0.1, 0.15) is 39.5 Å². The number of hydrogen-bond acceptors (Lipinski definition) is 4. The van der Waals surface area contributed by atoms with Crippen LogP contribution in [0.5, 0.6) is 0 Å². The van der Waals surface area contributed by atoms with Gasteiger partial charge in [-0.3, -0.25) is 4.79 Å². The molecular weight excluding hydrogens is 208 g/mol. The van der Waals surface area contributed by atoms with Crippen LogP contribution in [0.4, 0.5) is 0 Å². The van der Waals surface area contributed by atoms with Crippen LogP contribution in [0.25, 0.3) is 0 Å². The van der Waals surface area contributed by atoms with E-state index in [1.807, 2.05) is 6.92 Å². The lowest BCUT2D eigenvalue weighted by atomic mass is 9.69. The second-order valence-corrected chi connectivity index (χ2v) is 4.93. The molecule has 16 heavy (non-hydrogen) atoms. The molecule has 1 aliphatic carbocycles. The van der Waals surface area contributed by atoms with Gasteiger partial charge < -0.3 is 14.6 Å². The standard InChI is InChI=1S/C12H22O4/c1-4-16-10(13)12(9-15-3)7-5-11(2,14)6-8-12/h14H,4-9H2,1-3H3. The van der Waals surface area contributed by atoms with Crippen molar-refractivity contribution < 1.29 is 19.4 Å². The van der Waals surface area contributed by atoms with Gasteiger partial charge in [0.1, 0.15) is 0 Å². The fourth-order valence-corrected chi connectivity index (χ4v) is 2.24. The van der Waals surface area contributed by atoms with Crippen LogP contribution in [0.2, 0.25) is 0 Å². The molecule has 0 aromatic rings. The van der Waals surface area contributed by atoms with E-state index in [2.05, 4.69) is 0 Å². The van der Waals surface area contributed by atoms with Gasteiger partial charge in [0.15, 0.2) is 0 Å². The lowest BCUT2D eigenvalue weighted by Crippen LogP contribution is -2.45. The lowest BCUT2D eigenvalue weighted by molar-refractivity contribution is -0.165. The third-order valence-corrected chi connectivity index (χ3v) is 3.41. The van der Waals surface area contributed by atoms with Crippen LogP contribution >= 0.6 is 0 Å². The molecule has 0 aromatic heterocycles. The monoisotopic (exact) mass is 230 g/mol. The molecule has 0 unspecified atom stereocenters. The quantitative estimate of drug-likeness (QED) is 0.744. The van der Waals surface area contributed by atoms with Crippen molar-refractivity contribution in [2.24, 2.45) is 5.41 Å². The molecule has 1 saturated carbocycles. The first-order valence-corrected chi connectivity index (χ1v) is 5.84. The van der Waals surface area contributed by atoms with Gasteiger partial charge in [-0.25, -0.2) is 0 Å². The Hall–Kier alpha value is -0.610. The van der Waals surface area contributed by atoms with Gasteiger partial charge in [0.2, 0.25) is 0 Å². The Balaban J connectivity index is 2.71. The Morgan fingerprint density at radius 2 is 1.88 bits per heavy atom. The van der Waals surface area contributed by atoms with E-state index in [1.54, 1.807) is 14.0 Å². The van der Waals surface area contributed by atoms with E-state index in [0.717, 1.165) is 0 Å². The minimum Gasteiger partial charge on any atom is -0.465 e. The highest BCUT2D eigenvalue weighted by molar-refractivity contribution is 5.77. The van der Waals surface area contributed by atoms with Gasteiger partial charge in [0.05, 0.1) is 24.2 Å². The van der Waals surface area contributed by atoms with Crippen molar-refractivity contribution in [3.63, 3.8) is 0 Å². The van der Waals surface area contributed by atoms with Crippen LogP contribution in [0.3, 0.4) is 0 Å². The minimum atomic E-state index is -0.649. The Labute approximate surface area is 96.9 Å². The predicted octanol–water partition coefficient (Wildman–Crippen LogP) is 1.51. The van der Waals surface area contributed by atoms with Crippen LogP contribution < -0.4 is 0 Å². The smallest absolute Gasteiger partial charge is 0.314 e. The number of esters is 1. The Morgan fingerprint density at radius 3 is 2.31 bits per heavy atom. The molecule has 4 heteroatoms. The van der Waals surface area contributed by atoms with Crippen LogP contribution in [0, 0.1) is 5.41 Å². The van der Waals surface area contributed by atoms with Gasteiger partial charge in [-0.1, -0.05) is 0 Å². The topological polar surface area (TPSA) is 55.8 Å². The summed E-state index contributed by atoms with van der Waals surface area (Å²) < 4.78 is 10.2. The number of aliphatic hydroxyl groups is 1. The summed E-state index contributed by atoms with van der Waals surface area (Å²) in [6, 6.07) is 0. The number of rotatable bonds is 4. The molecule has 0 heterocycles. The maximum atomic E-state index is 11.9. The molecule has 0 amide bonds. The molecule has 4 nitrogen and oxygen atoms in total. The van der Waals surface area contributed by atoms with Crippen LogP contribution in [-0.4, -0.2) is 37.0 Å². The molecule has 1 N–H and O–H groups in total. The van der Waals surface area contributed by atoms with Crippen molar-refractivity contribution in [2.75, 3.05) is 20.3 Å². The fraction of sp³-hybridized carbons (Fsp3) is 0.917. The van der Waals surface area contributed by atoms with E-state index in [1.165, 1.54) is 0 Å². The molecule has 0 radical (unpaired) electrons. The van der Waals surface area contributed by atoms with Crippen LogP contribution in [-0.2, 0) is 14.3 Å². The van der Waals surface area contributed by atoms with E-state index >= 15 is 0 Å². The molecule has 1 rings (SSSR count). The van der Waals surface area contributed by atoms with Crippen molar-refractivity contribution in [2.45, 2.75) is 45.1 Å². The molecule has 0 atom stereocenters. The highest BCUT2D eigenvalue weighted by Gasteiger charge is 2.45. The van der Waals surface area contributed by atoms with Crippen molar-refractivity contribution in [1.29, 1.82) is 0 Å². The summed E-state index contributed by atoms with van der Waals surface area (Å²) in [5.41, 5.74) is -1.20. The molecule has 0 bridgehead atoms. The summed E-state index contributed by atoms with van der Waals surface area (Å²) >= 11 is 0. The van der Waals surface area contributed by atoms with E-state index in [9.17, 15) is 9.90 Å². The number of carbonyl (C=O) groups is 1. The Bertz CT molecular complexity index is 237. The number of hydrogen-bond donors (Lipinski definition) is 1. The fourth-order valence-electron chi connectivity index (χ4n) is 2.24. The van der Waals surface area contributed by atoms with E-state index in [4.69, 9.17) is 9.47 Å². The van der Waals surface area contributed by atoms with Crippen LogP contribution in [0.15, 0.2) is 0 Å². The van der Waals surface area contributed by atoms with Gasteiger partial charge in [-0.15, -0.1) is 0 Å². The maximum absolute atomic E-state index is 11.9. The zero-order valence-electron chi connectivity index (χ0n) is 10.4. The van der Waals surface area contributed by atoms with Gasteiger partial charge in [0, 0.05) is 7.11 Å². The first-order valence-electron chi connectivity index (χ1n) is 5.84. The summed E-state index contributed by atoms with van der Waals surface area (Å²) in [6.07, 6.45) is 2.50. The Kier molecular flexibility index (Phi) is 4.33. The summed E-state index contributed by atoms with van der Waals surface area (Å²) in [6.45, 7) is 4.38. The van der Waals surface area contributed by atoms with Gasteiger partial charge in [-0.05, 0) is 39.5 Å². The first kappa shape index (κ1) is 13.5. The molecule has 0 aromatic carbocycles. The summed E-state index contributed by atoms with van der Waals surface area (Å²) in [4.78, 5) is 11.9. The number of methoxy groups -OCH3 is 1. The summed E-state index contributed by atoms with van der Waals surface area (Å²) in [5, 5.41) is 9.89. The average molecular weight is 230 g/mol. The first-order chi connectivity index (χ1) is 7.46. The normalized spacial score (nSPS) is 34.8.